The average Bonchev–Trinajstić information content (AvgIpc) is 2.85. The SMILES string of the molecule is CSCCC1C(=O)OCN1C(=O)OCc1ccccc1. The van der Waals surface area contributed by atoms with E-state index in [0.717, 1.165) is 11.3 Å². The molecule has 1 aromatic carbocycles. The number of cyclic esters (lactones) is 1. The van der Waals surface area contributed by atoms with Gasteiger partial charge in [0.25, 0.3) is 0 Å². The lowest BCUT2D eigenvalue weighted by Crippen LogP contribution is -2.38. The summed E-state index contributed by atoms with van der Waals surface area (Å²) in [5, 5.41) is 0. The molecule has 1 aliphatic heterocycles. The minimum atomic E-state index is -0.522. The van der Waals surface area contributed by atoms with Gasteiger partial charge in [0.15, 0.2) is 6.73 Å². The molecule has 1 atom stereocenters. The Kier molecular flexibility index (Phi) is 5.29. The first-order valence-electron chi connectivity index (χ1n) is 6.35. The molecule has 20 heavy (non-hydrogen) atoms. The number of hydrogen-bond acceptors (Lipinski definition) is 5. The van der Waals surface area contributed by atoms with Crippen molar-refractivity contribution in [2.75, 3.05) is 18.7 Å². The van der Waals surface area contributed by atoms with Gasteiger partial charge >= 0.3 is 12.1 Å². The molecule has 0 spiro atoms. The van der Waals surface area contributed by atoms with Gasteiger partial charge in [0.1, 0.15) is 12.6 Å². The summed E-state index contributed by atoms with van der Waals surface area (Å²) in [7, 11) is 0. The molecule has 1 saturated heterocycles. The van der Waals surface area contributed by atoms with Crippen LogP contribution in [0.2, 0.25) is 0 Å². The van der Waals surface area contributed by atoms with Crippen LogP contribution < -0.4 is 0 Å². The van der Waals surface area contributed by atoms with E-state index in [1.54, 1.807) is 11.8 Å². The maximum Gasteiger partial charge on any atom is 0.413 e. The third-order valence-electron chi connectivity index (χ3n) is 3.03. The number of ether oxygens (including phenoxy) is 2. The molecule has 0 saturated carbocycles. The predicted molar refractivity (Wildman–Crippen MR) is 76.2 cm³/mol. The smallest absolute Gasteiger partial charge is 0.413 e. The fraction of sp³-hybridized carbons (Fsp3) is 0.429. The number of hydrogen-bond donors (Lipinski definition) is 0. The highest BCUT2D eigenvalue weighted by Crippen LogP contribution is 2.18. The molecule has 0 bridgehead atoms. The Morgan fingerprint density at radius 3 is 2.90 bits per heavy atom. The fourth-order valence-electron chi connectivity index (χ4n) is 1.93. The van der Waals surface area contributed by atoms with E-state index in [1.807, 2.05) is 36.6 Å². The molecule has 1 amide bonds. The molecule has 1 unspecified atom stereocenters. The van der Waals surface area contributed by atoms with Gasteiger partial charge in [-0.25, -0.2) is 9.59 Å². The van der Waals surface area contributed by atoms with Crippen LogP contribution >= 0.6 is 11.8 Å². The van der Waals surface area contributed by atoms with E-state index in [0.29, 0.717) is 6.42 Å². The maximum atomic E-state index is 12.0. The molecule has 5 nitrogen and oxygen atoms in total. The molecule has 0 N–H and O–H groups in total. The summed E-state index contributed by atoms with van der Waals surface area (Å²) in [4.78, 5) is 24.9. The zero-order valence-electron chi connectivity index (χ0n) is 11.3. The van der Waals surface area contributed by atoms with Crippen LogP contribution in [0.4, 0.5) is 4.79 Å². The number of benzene rings is 1. The van der Waals surface area contributed by atoms with Crippen molar-refractivity contribution in [3.63, 3.8) is 0 Å². The van der Waals surface area contributed by atoms with Crippen molar-refractivity contribution >= 4 is 23.8 Å². The van der Waals surface area contributed by atoms with Gasteiger partial charge in [-0.2, -0.15) is 11.8 Å². The highest BCUT2D eigenvalue weighted by molar-refractivity contribution is 7.98. The number of carbonyl (C=O) groups excluding carboxylic acids is 2. The van der Waals surface area contributed by atoms with Crippen molar-refractivity contribution in [2.45, 2.75) is 19.1 Å². The van der Waals surface area contributed by atoms with Crippen LogP contribution in [0.15, 0.2) is 30.3 Å². The molecule has 0 radical (unpaired) electrons. The van der Waals surface area contributed by atoms with Crippen LogP contribution in [0.1, 0.15) is 12.0 Å². The van der Waals surface area contributed by atoms with Crippen LogP contribution in [0.3, 0.4) is 0 Å². The standard InChI is InChI=1S/C14H17NO4S/c1-20-8-7-12-13(16)19-10-15(12)14(17)18-9-11-5-3-2-4-6-11/h2-6,12H,7-10H2,1H3. The van der Waals surface area contributed by atoms with E-state index in [-0.39, 0.29) is 19.3 Å². The van der Waals surface area contributed by atoms with Crippen LogP contribution in [-0.2, 0) is 20.9 Å². The summed E-state index contributed by atoms with van der Waals surface area (Å²) in [5.41, 5.74) is 0.910. The van der Waals surface area contributed by atoms with E-state index in [4.69, 9.17) is 9.47 Å². The highest BCUT2D eigenvalue weighted by Gasteiger charge is 2.38. The third kappa shape index (κ3) is 3.66. The van der Waals surface area contributed by atoms with Crippen molar-refractivity contribution in [3.05, 3.63) is 35.9 Å². The number of amides is 1. The van der Waals surface area contributed by atoms with Crippen molar-refractivity contribution < 1.29 is 19.1 Å². The first kappa shape index (κ1) is 14.7. The van der Waals surface area contributed by atoms with Gasteiger partial charge in [-0.15, -0.1) is 0 Å². The predicted octanol–water partition coefficient (Wildman–Crippen LogP) is 2.26. The Morgan fingerprint density at radius 1 is 1.45 bits per heavy atom. The summed E-state index contributed by atoms with van der Waals surface area (Å²) < 4.78 is 10.1. The summed E-state index contributed by atoms with van der Waals surface area (Å²) >= 11 is 1.63. The number of thioether (sulfide) groups is 1. The Labute approximate surface area is 122 Å². The second-order valence-electron chi connectivity index (χ2n) is 4.40. The summed E-state index contributed by atoms with van der Waals surface area (Å²) in [6.45, 7) is 0.172. The first-order valence-corrected chi connectivity index (χ1v) is 7.74. The molecule has 1 aliphatic rings. The van der Waals surface area contributed by atoms with Gasteiger partial charge in [0.2, 0.25) is 0 Å². The van der Waals surface area contributed by atoms with Gasteiger partial charge in [-0.05, 0) is 24.0 Å². The number of carbonyl (C=O) groups is 2. The molecule has 1 fully saturated rings. The second kappa shape index (κ2) is 7.19. The van der Waals surface area contributed by atoms with Crippen LogP contribution in [0.5, 0.6) is 0 Å². The van der Waals surface area contributed by atoms with Crippen molar-refractivity contribution in [2.24, 2.45) is 0 Å². The Bertz CT molecular complexity index is 466. The Hall–Kier alpha value is -1.69. The molecule has 1 heterocycles. The lowest BCUT2D eigenvalue weighted by atomic mass is 10.2. The summed E-state index contributed by atoms with van der Waals surface area (Å²) in [5.74, 6) is 0.443. The second-order valence-corrected chi connectivity index (χ2v) is 5.39. The lowest BCUT2D eigenvalue weighted by molar-refractivity contribution is -0.139. The van der Waals surface area contributed by atoms with Crippen LogP contribution in [-0.4, -0.2) is 41.7 Å². The lowest BCUT2D eigenvalue weighted by Gasteiger charge is -2.19. The van der Waals surface area contributed by atoms with E-state index >= 15 is 0 Å². The largest absolute Gasteiger partial charge is 0.444 e. The molecule has 1 aromatic rings. The molecule has 6 heteroatoms. The number of nitrogens with zero attached hydrogens (tertiary/aromatic N) is 1. The van der Waals surface area contributed by atoms with E-state index in [1.165, 1.54) is 4.90 Å². The molecule has 2 rings (SSSR count). The molecule has 108 valence electrons. The quantitative estimate of drug-likeness (QED) is 0.780. The summed E-state index contributed by atoms with van der Waals surface area (Å²) in [6, 6.07) is 8.90. The van der Waals surface area contributed by atoms with Crippen molar-refractivity contribution in [3.8, 4) is 0 Å². The van der Waals surface area contributed by atoms with Gasteiger partial charge in [-0.3, -0.25) is 4.90 Å². The third-order valence-corrected chi connectivity index (χ3v) is 3.67. The van der Waals surface area contributed by atoms with Gasteiger partial charge < -0.3 is 9.47 Å². The Balaban J connectivity index is 1.89. The van der Waals surface area contributed by atoms with E-state index in [9.17, 15) is 9.59 Å². The molecular formula is C14H17NO4S. The minimum Gasteiger partial charge on any atom is -0.444 e. The fourth-order valence-corrected chi connectivity index (χ4v) is 2.39. The maximum absolute atomic E-state index is 12.0. The number of rotatable bonds is 5. The topological polar surface area (TPSA) is 55.8 Å². The molecular weight excluding hydrogens is 278 g/mol. The number of esters is 1. The zero-order chi connectivity index (χ0) is 14.4. The molecule has 0 aromatic heterocycles. The van der Waals surface area contributed by atoms with E-state index in [2.05, 4.69) is 0 Å². The summed E-state index contributed by atoms with van der Waals surface area (Å²) in [6.07, 6.45) is 2.03. The van der Waals surface area contributed by atoms with Gasteiger partial charge in [-0.1, -0.05) is 30.3 Å². The Morgan fingerprint density at radius 2 is 2.20 bits per heavy atom. The van der Waals surface area contributed by atoms with Crippen LogP contribution in [0, 0.1) is 0 Å². The monoisotopic (exact) mass is 295 g/mol. The first-order chi connectivity index (χ1) is 9.72. The average molecular weight is 295 g/mol. The highest BCUT2D eigenvalue weighted by atomic mass is 32.2. The minimum absolute atomic E-state index is 0.0223. The molecule has 0 aliphatic carbocycles. The van der Waals surface area contributed by atoms with Crippen LogP contribution in [0.25, 0.3) is 0 Å². The van der Waals surface area contributed by atoms with Gasteiger partial charge in [0.05, 0.1) is 0 Å². The van der Waals surface area contributed by atoms with Crippen molar-refractivity contribution in [1.82, 2.24) is 4.90 Å². The van der Waals surface area contributed by atoms with E-state index < -0.39 is 12.1 Å². The van der Waals surface area contributed by atoms with Crippen molar-refractivity contribution in [1.29, 1.82) is 0 Å². The normalized spacial score (nSPS) is 17.9. The van der Waals surface area contributed by atoms with Gasteiger partial charge in [0, 0.05) is 0 Å². The zero-order valence-corrected chi connectivity index (χ0v) is 12.1.